The molecule has 160 valence electrons. The molecule has 0 aliphatic heterocycles. The van der Waals surface area contributed by atoms with Crippen LogP contribution in [0.15, 0.2) is 18.2 Å². The van der Waals surface area contributed by atoms with E-state index in [0.717, 1.165) is 31.0 Å². The summed E-state index contributed by atoms with van der Waals surface area (Å²) in [6.07, 6.45) is 1.32. The lowest BCUT2D eigenvalue weighted by atomic mass is 9.82. The lowest BCUT2D eigenvalue weighted by molar-refractivity contribution is -0.165. The second-order valence-corrected chi connectivity index (χ2v) is 8.62. The van der Waals surface area contributed by atoms with Gasteiger partial charge in [-0.2, -0.15) is 0 Å². The highest BCUT2D eigenvalue weighted by Crippen LogP contribution is 2.42. The van der Waals surface area contributed by atoms with E-state index >= 15 is 0 Å². The second-order valence-electron chi connectivity index (χ2n) is 8.62. The van der Waals surface area contributed by atoms with Gasteiger partial charge in [-0.3, -0.25) is 14.4 Å². The Labute approximate surface area is 169 Å². The summed E-state index contributed by atoms with van der Waals surface area (Å²) >= 11 is 0. The smallest absolute Gasteiger partial charge is 0.313 e. The Bertz CT molecular complexity index is 783. The summed E-state index contributed by atoms with van der Waals surface area (Å²) in [4.78, 5) is 37.5. The highest BCUT2D eigenvalue weighted by atomic mass is 19.1. The summed E-state index contributed by atoms with van der Waals surface area (Å²) in [5.74, 6) is -3.17. The maximum Gasteiger partial charge on any atom is 0.313 e. The summed E-state index contributed by atoms with van der Waals surface area (Å²) in [7, 11) is 0. The first-order valence-electron chi connectivity index (χ1n) is 9.70. The molecule has 1 aliphatic carbocycles. The predicted molar refractivity (Wildman–Crippen MR) is 104 cm³/mol. The Hall–Kier alpha value is -2.51. The van der Waals surface area contributed by atoms with Gasteiger partial charge in [-0.05, 0) is 52.7 Å². The van der Waals surface area contributed by atoms with Crippen molar-refractivity contribution in [2.45, 2.75) is 71.4 Å². The van der Waals surface area contributed by atoms with Gasteiger partial charge < -0.3 is 15.4 Å². The highest BCUT2D eigenvalue weighted by molar-refractivity contribution is 5.96. The van der Waals surface area contributed by atoms with Crippen molar-refractivity contribution in [2.24, 2.45) is 5.41 Å². The van der Waals surface area contributed by atoms with Gasteiger partial charge in [-0.15, -0.1) is 0 Å². The molecular weight excluding hydrogens is 382 g/mol. The average Bonchev–Trinajstić information content (AvgIpc) is 3.05. The summed E-state index contributed by atoms with van der Waals surface area (Å²) in [5, 5.41) is 5.06. The van der Waals surface area contributed by atoms with Crippen molar-refractivity contribution in [1.29, 1.82) is 0 Å². The fraction of sp³-hybridized carbons (Fsp3) is 0.571. The lowest BCUT2D eigenvalue weighted by Crippen LogP contribution is -2.45. The first-order valence-corrected chi connectivity index (χ1v) is 9.70. The molecule has 0 aromatic heterocycles. The highest BCUT2D eigenvalue weighted by Gasteiger charge is 2.45. The third-order valence-corrected chi connectivity index (χ3v) is 4.85. The van der Waals surface area contributed by atoms with Crippen LogP contribution in [0.2, 0.25) is 0 Å². The van der Waals surface area contributed by atoms with Crippen molar-refractivity contribution in [3.05, 3.63) is 29.8 Å². The van der Waals surface area contributed by atoms with Gasteiger partial charge in [0.2, 0.25) is 5.91 Å². The van der Waals surface area contributed by atoms with E-state index in [1.165, 1.54) is 6.92 Å². The molecule has 29 heavy (non-hydrogen) atoms. The molecule has 1 aromatic carbocycles. The Balaban J connectivity index is 2.04. The molecule has 8 heteroatoms. The van der Waals surface area contributed by atoms with Crippen LogP contribution < -0.4 is 10.6 Å². The molecule has 1 atom stereocenters. The predicted octanol–water partition coefficient (Wildman–Crippen LogP) is 3.70. The Morgan fingerprint density at radius 2 is 1.79 bits per heavy atom. The monoisotopic (exact) mass is 410 g/mol. The van der Waals surface area contributed by atoms with Gasteiger partial charge in [0.25, 0.3) is 5.91 Å². The quantitative estimate of drug-likeness (QED) is 0.701. The molecule has 1 fully saturated rings. The Morgan fingerprint density at radius 3 is 2.38 bits per heavy atom. The van der Waals surface area contributed by atoms with Crippen molar-refractivity contribution in [3.63, 3.8) is 0 Å². The molecule has 0 spiro atoms. The number of rotatable bonds is 6. The standard InChI is InChI=1S/C21H28F2N2O4/c1-13(18(27)24-16-11-14(22)7-8-15(16)23)29-19(28)21(9-5-6-10-21)12-17(26)25-20(2,3)4/h7-8,11,13H,5-6,9-10,12H2,1-4H3,(H,24,27)(H,25,26)/t13-/m0/s1. The molecule has 0 heterocycles. The molecule has 6 nitrogen and oxygen atoms in total. The minimum atomic E-state index is -1.23. The molecule has 1 aliphatic rings. The number of amides is 2. The fourth-order valence-corrected chi connectivity index (χ4v) is 3.44. The molecule has 0 unspecified atom stereocenters. The Kier molecular flexibility index (Phi) is 6.97. The van der Waals surface area contributed by atoms with E-state index in [0.29, 0.717) is 12.8 Å². The van der Waals surface area contributed by atoms with Crippen molar-refractivity contribution in [3.8, 4) is 0 Å². The SMILES string of the molecule is C[C@H](OC(=O)C1(CC(=O)NC(C)(C)C)CCCC1)C(=O)Nc1cc(F)ccc1F. The zero-order valence-corrected chi connectivity index (χ0v) is 17.2. The number of hydrogen-bond donors (Lipinski definition) is 2. The molecule has 1 saturated carbocycles. The minimum Gasteiger partial charge on any atom is -0.452 e. The van der Waals surface area contributed by atoms with E-state index in [2.05, 4.69) is 10.6 Å². The number of esters is 1. The zero-order valence-electron chi connectivity index (χ0n) is 17.2. The topological polar surface area (TPSA) is 84.5 Å². The molecule has 0 saturated heterocycles. The van der Waals surface area contributed by atoms with Crippen LogP contribution in [0.3, 0.4) is 0 Å². The summed E-state index contributed by atoms with van der Waals surface area (Å²) in [6.45, 7) is 6.90. The number of nitrogens with one attached hydrogen (secondary N) is 2. The molecule has 0 radical (unpaired) electrons. The second kappa shape index (κ2) is 8.88. The van der Waals surface area contributed by atoms with E-state index in [9.17, 15) is 23.2 Å². The largest absolute Gasteiger partial charge is 0.452 e. The lowest BCUT2D eigenvalue weighted by Gasteiger charge is -2.29. The van der Waals surface area contributed by atoms with Crippen LogP contribution in [0.1, 0.15) is 59.8 Å². The number of halogens is 2. The molecule has 1 aromatic rings. The molecule has 2 amide bonds. The number of benzene rings is 1. The van der Waals surface area contributed by atoms with Crippen molar-refractivity contribution in [1.82, 2.24) is 5.32 Å². The molecule has 0 bridgehead atoms. The van der Waals surface area contributed by atoms with E-state index < -0.39 is 40.6 Å². The van der Waals surface area contributed by atoms with Gasteiger partial charge in [0.1, 0.15) is 11.6 Å². The van der Waals surface area contributed by atoms with Crippen LogP contribution in [0.4, 0.5) is 14.5 Å². The number of hydrogen-bond acceptors (Lipinski definition) is 4. The average molecular weight is 410 g/mol. The third-order valence-electron chi connectivity index (χ3n) is 4.85. The first-order chi connectivity index (χ1) is 13.4. The van der Waals surface area contributed by atoms with Crippen molar-refractivity contribution < 1.29 is 27.9 Å². The van der Waals surface area contributed by atoms with Crippen LogP contribution in [0.5, 0.6) is 0 Å². The minimum absolute atomic E-state index is 0.0179. The molecular formula is C21H28F2N2O4. The zero-order chi connectivity index (χ0) is 21.8. The number of carbonyl (C=O) groups is 3. The van der Waals surface area contributed by atoms with Crippen LogP contribution >= 0.6 is 0 Å². The van der Waals surface area contributed by atoms with Crippen molar-refractivity contribution >= 4 is 23.5 Å². The normalized spacial score (nSPS) is 16.8. The van der Waals surface area contributed by atoms with E-state index in [-0.39, 0.29) is 18.0 Å². The van der Waals surface area contributed by atoms with Gasteiger partial charge in [0.15, 0.2) is 6.10 Å². The van der Waals surface area contributed by atoms with Gasteiger partial charge in [0, 0.05) is 18.0 Å². The number of ether oxygens (including phenoxy) is 1. The number of anilines is 1. The van der Waals surface area contributed by atoms with Gasteiger partial charge >= 0.3 is 5.97 Å². The van der Waals surface area contributed by atoms with Gasteiger partial charge in [-0.25, -0.2) is 8.78 Å². The fourth-order valence-electron chi connectivity index (χ4n) is 3.44. The van der Waals surface area contributed by atoms with Crippen LogP contribution in [0, 0.1) is 17.0 Å². The van der Waals surface area contributed by atoms with E-state index in [1.54, 1.807) is 0 Å². The van der Waals surface area contributed by atoms with Crippen LogP contribution in [-0.4, -0.2) is 29.4 Å². The van der Waals surface area contributed by atoms with Gasteiger partial charge in [-0.1, -0.05) is 12.8 Å². The molecule has 2 rings (SSSR count). The number of carbonyl (C=O) groups excluding carboxylic acids is 3. The Morgan fingerprint density at radius 1 is 1.17 bits per heavy atom. The maximum atomic E-state index is 13.7. The van der Waals surface area contributed by atoms with Crippen molar-refractivity contribution in [2.75, 3.05) is 5.32 Å². The van der Waals surface area contributed by atoms with Crippen LogP contribution in [0.25, 0.3) is 0 Å². The van der Waals surface area contributed by atoms with E-state index in [4.69, 9.17) is 4.74 Å². The summed E-state index contributed by atoms with van der Waals surface area (Å²) in [5.41, 5.74) is -1.74. The third kappa shape index (κ3) is 6.24. The van der Waals surface area contributed by atoms with Crippen LogP contribution in [-0.2, 0) is 19.1 Å². The summed E-state index contributed by atoms with van der Waals surface area (Å²) in [6, 6.07) is 2.67. The first kappa shape index (κ1) is 22.8. The van der Waals surface area contributed by atoms with Gasteiger partial charge in [0.05, 0.1) is 11.1 Å². The maximum absolute atomic E-state index is 13.7. The summed E-state index contributed by atoms with van der Waals surface area (Å²) < 4.78 is 32.3. The molecule has 2 N–H and O–H groups in total. The van der Waals surface area contributed by atoms with E-state index in [1.807, 2.05) is 20.8 Å².